The number of nitrogens with one attached hydrogen (secondary N) is 2. The van der Waals surface area contributed by atoms with Gasteiger partial charge in [-0.3, -0.25) is 13.8 Å². The maximum Gasteiger partial charge on any atom is 0.261 e. The third-order valence-corrected chi connectivity index (χ3v) is 8.17. The fourth-order valence-electron chi connectivity index (χ4n) is 3.65. The molecule has 198 valence electrons. The average Bonchev–Trinajstić information content (AvgIpc) is 2.83. The Kier molecular flexibility index (Phi) is 8.82. The monoisotopic (exact) mass is 545 g/mol. The summed E-state index contributed by atoms with van der Waals surface area (Å²) in [6.07, 6.45) is 1.55. The summed E-state index contributed by atoms with van der Waals surface area (Å²) < 4.78 is 59.0. The van der Waals surface area contributed by atoms with Gasteiger partial charge in [-0.05, 0) is 86.0 Å². The molecule has 0 aliphatic rings. The Morgan fingerprint density at radius 1 is 0.892 bits per heavy atom. The summed E-state index contributed by atoms with van der Waals surface area (Å²) in [5, 5.41) is 2.72. The number of nitrogens with zero attached hydrogens (tertiary/aromatic N) is 1. The summed E-state index contributed by atoms with van der Waals surface area (Å²) in [5.41, 5.74) is 3.20. The molecule has 0 spiro atoms. The van der Waals surface area contributed by atoms with E-state index in [0.717, 1.165) is 17.4 Å². The van der Waals surface area contributed by atoms with Gasteiger partial charge in [0.25, 0.3) is 10.0 Å². The van der Waals surface area contributed by atoms with E-state index in [2.05, 4.69) is 10.0 Å². The molecule has 0 fully saturated rings. The van der Waals surface area contributed by atoms with E-state index in [9.17, 15) is 21.6 Å². The highest BCUT2D eigenvalue weighted by Crippen LogP contribution is 2.25. The van der Waals surface area contributed by atoms with Crippen LogP contribution in [-0.2, 0) is 24.8 Å². The lowest BCUT2D eigenvalue weighted by Crippen LogP contribution is -2.32. The van der Waals surface area contributed by atoms with Crippen LogP contribution < -0.4 is 19.1 Å². The van der Waals surface area contributed by atoms with Crippen molar-refractivity contribution in [2.45, 2.75) is 31.6 Å². The largest absolute Gasteiger partial charge is 0.497 e. The maximum atomic E-state index is 12.7. The zero-order valence-corrected chi connectivity index (χ0v) is 22.8. The lowest BCUT2D eigenvalue weighted by Gasteiger charge is -2.24. The van der Waals surface area contributed by atoms with Gasteiger partial charge in [0, 0.05) is 24.3 Å². The van der Waals surface area contributed by atoms with Crippen LogP contribution in [0.2, 0.25) is 0 Å². The minimum atomic E-state index is -3.81. The molecule has 1 amide bonds. The zero-order chi connectivity index (χ0) is 27.2. The molecule has 0 saturated carbocycles. The number of aryl methyl sites for hydroxylation is 2. The first-order valence-corrected chi connectivity index (χ1v) is 14.8. The molecule has 9 nitrogen and oxygen atoms in total. The Labute approximate surface area is 218 Å². The molecule has 0 saturated heterocycles. The molecule has 0 atom stereocenters. The summed E-state index contributed by atoms with van der Waals surface area (Å²) in [6, 6.07) is 17.9. The van der Waals surface area contributed by atoms with Crippen LogP contribution in [0.1, 0.15) is 24.0 Å². The van der Waals surface area contributed by atoms with Crippen molar-refractivity contribution in [3.8, 4) is 5.75 Å². The number of anilines is 3. The summed E-state index contributed by atoms with van der Waals surface area (Å²) in [4.78, 5) is 12.5. The number of amides is 1. The average molecular weight is 546 g/mol. The Morgan fingerprint density at radius 3 is 2.11 bits per heavy atom. The number of ether oxygens (including phenoxy) is 1. The highest BCUT2D eigenvalue weighted by Gasteiger charge is 2.20. The van der Waals surface area contributed by atoms with Crippen LogP contribution in [-0.4, -0.2) is 42.7 Å². The Balaban J connectivity index is 1.58. The number of hydrogen-bond acceptors (Lipinski definition) is 6. The number of benzene rings is 3. The minimum absolute atomic E-state index is 0.0404. The standard InChI is InChI=1S/C26H31N3O6S2/c1-19-7-8-20(2)25(18-19)29(36(4,31)32)17-5-6-26(30)27-21-11-15-24(16-12-21)37(33,34)28-22-9-13-23(35-3)14-10-22/h7-16,18,28H,5-6,17H2,1-4H3,(H,27,30). The van der Waals surface area contributed by atoms with Crippen molar-refractivity contribution in [3.63, 3.8) is 0 Å². The molecule has 3 rings (SSSR count). The van der Waals surface area contributed by atoms with Gasteiger partial charge in [0.05, 0.1) is 23.9 Å². The fourth-order valence-corrected chi connectivity index (χ4v) is 5.72. The Hall–Kier alpha value is -3.57. The van der Waals surface area contributed by atoms with Gasteiger partial charge >= 0.3 is 0 Å². The predicted molar refractivity (Wildman–Crippen MR) is 146 cm³/mol. The summed E-state index contributed by atoms with van der Waals surface area (Å²) in [5.74, 6) is 0.304. The van der Waals surface area contributed by atoms with Crippen molar-refractivity contribution in [2.75, 3.05) is 34.3 Å². The van der Waals surface area contributed by atoms with Crippen LogP contribution >= 0.6 is 0 Å². The molecule has 0 bridgehead atoms. The van der Waals surface area contributed by atoms with Gasteiger partial charge in [-0.15, -0.1) is 0 Å². The van der Waals surface area contributed by atoms with E-state index < -0.39 is 20.0 Å². The van der Waals surface area contributed by atoms with E-state index in [1.165, 1.54) is 35.7 Å². The van der Waals surface area contributed by atoms with Crippen molar-refractivity contribution in [2.24, 2.45) is 0 Å². The topological polar surface area (TPSA) is 122 Å². The Bertz CT molecular complexity index is 1450. The highest BCUT2D eigenvalue weighted by molar-refractivity contribution is 7.92. The molecule has 0 radical (unpaired) electrons. The van der Waals surface area contributed by atoms with Crippen LogP contribution in [0.3, 0.4) is 0 Å². The molecule has 0 aromatic heterocycles. The number of hydrogen-bond donors (Lipinski definition) is 2. The summed E-state index contributed by atoms with van der Waals surface area (Å²) in [7, 11) is -5.82. The number of carbonyl (C=O) groups excluding carboxylic acids is 1. The van der Waals surface area contributed by atoms with Gasteiger partial charge in [0.15, 0.2) is 0 Å². The first-order chi connectivity index (χ1) is 17.4. The number of sulfonamides is 2. The second-order valence-electron chi connectivity index (χ2n) is 8.64. The number of carbonyl (C=O) groups is 1. The van der Waals surface area contributed by atoms with E-state index in [-0.39, 0.29) is 23.8 Å². The molecular formula is C26H31N3O6S2. The van der Waals surface area contributed by atoms with Crippen molar-refractivity contribution in [1.82, 2.24) is 0 Å². The lowest BCUT2D eigenvalue weighted by atomic mass is 10.1. The van der Waals surface area contributed by atoms with Gasteiger partial charge in [-0.2, -0.15) is 0 Å². The van der Waals surface area contributed by atoms with Crippen LogP contribution in [0.15, 0.2) is 71.6 Å². The molecule has 0 aliphatic carbocycles. The van der Waals surface area contributed by atoms with Crippen LogP contribution in [0, 0.1) is 13.8 Å². The molecular weight excluding hydrogens is 514 g/mol. The third-order valence-electron chi connectivity index (χ3n) is 5.59. The molecule has 3 aromatic carbocycles. The van der Waals surface area contributed by atoms with E-state index in [1.807, 2.05) is 32.0 Å². The first-order valence-electron chi connectivity index (χ1n) is 11.5. The number of rotatable bonds is 11. The molecule has 37 heavy (non-hydrogen) atoms. The maximum absolute atomic E-state index is 12.7. The van der Waals surface area contributed by atoms with Crippen molar-refractivity contribution in [1.29, 1.82) is 0 Å². The van der Waals surface area contributed by atoms with Gasteiger partial charge in [-0.25, -0.2) is 16.8 Å². The smallest absolute Gasteiger partial charge is 0.261 e. The summed E-state index contributed by atoms with van der Waals surface area (Å²) in [6.45, 7) is 3.89. The second kappa shape index (κ2) is 11.7. The van der Waals surface area contributed by atoms with Crippen molar-refractivity contribution in [3.05, 3.63) is 77.9 Å². The van der Waals surface area contributed by atoms with Gasteiger partial charge in [0.1, 0.15) is 5.75 Å². The van der Waals surface area contributed by atoms with E-state index in [1.54, 1.807) is 24.3 Å². The van der Waals surface area contributed by atoms with E-state index >= 15 is 0 Å². The fraction of sp³-hybridized carbons (Fsp3) is 0.269. The normalized spacial score (nSPS) is 11.6. The number of methoxy groups -OCH3 is 1. The molecule has 0 heterocycles. The van der Waals surface area contributed by atoms with E-state index in [0.29, 0.717) is 29.2 Å². The van der Waals surface area contributed by atoms with Crippen LogP contribution in [0.5, 0.6) is 5.75 Å². The minimum Gasteiger partial charge on any atom is -0.497 e. The van der Waals surface area contributed by atoms with Crippen molar-refractivity contribution >= 4 is 43.0 Å². The molecule has 2 N–H and O–H groups in total. The summed E-state index contributed by atoms with van der Waals surface area (Å²) >= 11 is 0. The molecule has 3 aromatic rings. The Morgan fingerprint density at radius 2 is 1.51 bits per heavy atom. The van der Waals surface area contributed by atoms with Gasteiger partial charge < -0.3 is 10.1 Å². The second-order valence-corrected chi connectivity index (χ2v) is 12.2. The zero-order valence-electron chi connectivity index (χ0n) is 21.2. The third kappa shape index (κ3) is 7.70. The molecule has 11 heteroatoms. The predicted octanol–water partition coefficient (Wildman–Crippen LogP) is 4.30. The van der Waals surface area contributed by atoms with Crippen LogP contribution in [0.25, 0.3) is 0 Å². The van der Waals surface area contributed by atoms with Gasteiger partial charge in [0.2, 0.25) is 15.9 Å². The molecule has 0 unspecified atom stereocenters. The first kappa shape index (κ1) is 28.0. The van der Waals surface area contributed by atoms with Gasteiger partial charge in [-0.1, -0.05) is 12.1 Å². The highest BCUT2D eigenvalue weighted by atomic mass is 32.2. The van der Waals surface area contributed by atoms with Crippen LogP contribution in [0.4, 0.5) is 17.1 Å². The molecule has 0 aliphatic heterocycles. The van der Waals surface area contributed by atoms with E-state index in [4.69, 9.17) is 4.74 Å². The van der Waals surface area contributed by atoms with Crippen molar-refractivity contribution < 1.29 is 26.4 Å². The quantitative estimate of drug-likeness (QED) is 0.371. The SMILES string of the molecule is COc1ccc(NS(=O)(=O)c2ccc(NC(=O)CCCN(c3cc(C)ccc3C)S(C)(=O)=O)cc2)cc1. The lowest BCUT2D eigenvalue weighted by molar-refractivity contribution is -0.116.